The van der Waals surface area contributed by atoms with Gasteiger partial charge in [0.2, 0.25) is 15.9 Å². The van der Waals surface area contributed by atoms with Gasteiger partial charge >= 0.3 is 0 Å². The number of ether oxygens (including phenoxy) is 2. The molecule has 3 aromatic rings. The number of nitrogens with one attached hydrogen (secondary N) is 2. The van der Waals surface area contributed by atoms with Gasteiger partial charge in [0.15, 0.2) is 5.69 Å². The van der Waals surface area contributed by atoms with Gasteiger partial charge in [0.1, 0.15) is 10.6 Å². The van der Waals surface area contributed by atoms with Gasteiger partial charge in [-0.15, -0.1) is 0 Å². The van der Waals surface area contributed by atoms with Crippen molar-refractivity contribution in [2.75, 3.05) is 13.2 Å². The Morgan fingerprint density at radius 3 is 2.50 bits per heavy atom. The molecule has 13 heteroatoms. The first-order valence-corrected chi connectivity index (χ1v) is 14.3. The third-order valence-electron chi connectivity index (χ3n) is 6.15. The maximum Gasteiger partial charge on any atom is 0.272 e. The predicted octanol–water partition coefficient (Wildman–Crippen LogP) is 4.18. The molecule has 1 fully saturated rings. The molecule has 0 radical (unpaired) electrons. The van der Waals surface area contributed by atoms with E-state index in [2.05, 4.69) is 15.1 Å². The number of amides is 1. The highest BCUT2D eigenvalue weighted by Crippen LogP contribution is 2.36. The fourth-order valence-corrected chi connectivity index (χ4v) is 5.81. The predicted molar refractivity (Wildman–Crippen MR) is 148 cm³/mol. The lowest BCUT2D eigenvalue weighted by Gasteiger charge is -2.21. The van der Waals surface area contributed by atoms with Crippen molar-refractivity contribution in [3.05, 3.63) is 69.4 Å². The molecule has 1 aromatic heterocycles. The molecule has 0 aliphatic carbocycles. The molecule has 12 nitrogen and oxygen atoms in total. The normalized spacial score (nSPS) is 15.7. The van der Waals surface area contributed by atoms with Crippen LogP contribution in [-0.4, -0.2) is 53.8 Å². The van der Waals surface area contributed by atoms with Crippen LogP contribution in [0.15, 0.2) is 47.4 Å². The van der Waals surface area contributed by atoms with Gasteiger partial charge in [-0.1, -0.05) is 17.7 Å². The van der Waals surface area contributed by atoms with Gasteiger partial charge in [-0.05, 0) is 65.7 Å². The molecule has 0 spiro atoms. The van der Waals surface area contributed by atoms with Gasteiger partial charge < -0.3 is 14.8 Å². The largest absolute Gasteiger partial charge is 0.437 e. The van der Waals surface area contributed by atoms with E-state index in [1.165, 1.54) is 10.7 Å². The molecule has 1 aliphatic rings. The van der Waals surface area contributed by atoms with Crippen molar-refractivity contribution in [3.8, 4) is 17.3 Å². The Balaban J connectivity index is 1.79. The number of aryl methyl sites for hydroxylation is 1. The van der Waals surface area contributed by atoms with E-state index >= 15 is 0 Å². The quantitative estimate of drug-likeness (QED) is 0.286. The molecule has 40 heavy (non-hydrogen) atoms. The number of rotatable bonds is 9. The van der Waals surface area contributed by atoms with Crippen molar-refractivity contribution in [2.45, 2.75) is 64.0 Å². The molecule has 2 N–H and O–H groups in total. The van der Waals surface area contributed by atoms with Crippen LogP contribution in [0.4, 0.5) is 5.69 Å². The second-order valence-electron chi connectivity index (χ2n) is 10.7. The zero-order chi connectivity index (χ0) is 29.2. The smallest absolute Gasteiger partial charge is 0.272 e. The summed E-state index contributed by atoms with van der Waals surface area (Å²) < 4.78 is 42.3. The van der Waals surface area contributed by atoms with Crippen LogP contribution < -0.4 is 14.8 Å². The Kier molecular flexibility index (Phi) is 8.28. The summed E-state index contributed by atoms with van der Waals surface area (Å²) in [5, 5.41) is 18.8. The first-order chi connectivity index (χ1) is 18.7. The number of carbonyl (C=O) groups excluding carboxylic acids is 1. The first-order valence-electron chi connectivity index (χ1n) is 12.8. The summed E-state index contributed by atoms with van der Waals surface area (Å²) in [7, 11) is -4.25. The van der Waals surface area contributed by atoms with E-state index in [-0.39, 0.29) is 23.4 Å². The van der Waals surface area contributed by atoms with Crippen molar-refractivity contribution in [2.24, 2.45) is 0 Å². The molecule has 2 aromatic carbocycles. The minimum Gasteiger partial charge on any atom is -0.437 e. The molecule has 1 amide bonds. The van der Waals surface area contributed by atoms with Crippen LogP contribution in [0.25, 0.3) is 5.69 Å². The second-order valence-corrected chi connectivity index (χ2v) is 12.4. The van der Waals surface area contributed by atoms with E-state index in [9.17, 15) is 23.3 Å². The van der Waals surface area contributed by atoms with Gasteiger partial charge in [-0.3, -0.25) is 14.9 Å². The van der Waals surface area contributed by atoms with Gasteiger partial charge in [0.05, 0.1) is 16.7 Å². The second kappa shape index (κ2) is 11.4. The fourth-order valence-electron chi connectivity index (χ4n) is 4.24. The summed E-state index contributed by atoms with van der Waals surface area (Å²) in [6.45, 7) is 9.51. The number of carbonyl (C=O) groups is 1. The molecular weight excluding hydrogens is 538 g/mol. The maximum absolute atomic E-state index is 13.3. The highest BCUT2D eigenvalue weighted by atomic mass is 32.2. The number of nitro benzene ring substituents is 1. The number of sulfonamides is 1. The molecular formula is C27H33N5O7S. The Labute approximate surface area is 232 Å². The Bertz CT molecular complexity index is 1520. The summed E-state index contributed by atoms with van der Waals surface area (Å²) in [5.41, 5.74) is 0.736. The molecule has 0 saturated carbocycles. The Morgan fingerprint density at radius 2 is 1.90 bits per heavy atom. The zero-order valence-corrected chi connectivity index (χ0v) is 23.9. The van der Waals surface area contributed by atoms with Crippen LogP contribution in [0.3, 0.4) is 0 Å². The van der Waals surface area contributed by atoms with E-state index in [0.29, 0.717) is 24.4 Å². The van der Waals surface area contributed by atoms with Crippen LogP contribution in [0.2, 0.25) is 0 Å². The van der Waals surface area contributed by atoms with Crippen LogP contribution >= 0.6 is 0 Å². The Hall–Kier alpha value is -3.81. The molecule has 4 rings (SSSR count). The summed E-state index contributed by atoms with van der Waals surface area (Å²) >= 11 is 0. The monoisotopic (exact) mass is 571 g/mol. The van der Waals surface area contributed by atoms with Gasteiger partial charge in [-0.2, -0.15) is 9.78 Å². The molecule has 2 heterocycles. The van der Waals surface area contributed by atoms with Crippen molar-refractivity contribution in [1.82, 2.24) is 19.8 Å². The zero-order valence-electron chi connectivity index (χ0n) is 23.1. The van der Waals surface area contributed by atoms with Crippen molar-refractivity contribution in [1.29, 1.82) is 0 Å². The number of nitro groups is 1. The summed E-state index contributed by atoms with van der Waals surface area (Å²) in [4.78, 5) is 23.5. The Morgan fingerprint density at radius 1 is 1.20 bits per heavy atom. The average molecular weight is 572 g/mol. The first kappa shape index (κ1) is 29.2. The van der Waals surface area contributed by atoms with Crippen LogP contribution in [0.1, 0.15) is 55.2 Å². The van der Waals surface area contributed by atoms with Crippen LogP contribution in [0, 0.1) is 24.0 Å². The lowest BCUT2D eigenvalue weighted by molar-refractivity contribution is -0.385. The highest BCUT2D eigenvalue weighted by molar-refractivity contribution is 7.89. The molecule has 214 valence electrons. The van der Waals surface area contributed by atoms with Gasteiger partial charge in [0, 0.05) is 36.4 Å². The number of non-ortho nitro benzene ring substituents is 1. The summed E-state index contributed by atoms with van der Waals surface area (Å²) in [5.74, 6) is -0.508. The van der Waals surface area contributed by atoms with Crippen molar-refractivity contribution < 1.29 is 27.6 Å². The number of benzene rings is 2. The minimum atomic E-state index is -4.25. The fraction of sp³-hybridized carbons (Fsp3) is 0.407. The number of nitrogens with zero attached hydrogens (tertiary/aromatic N) is 3. The third kappa shape index (κ3) is 6.66. The van der Waals surface area contributed by atoms with E-state index in [1.54, 1.807) is 39.8 Å². The van der Waals surface area contributed by atoms with Crippen LogP contribution in [-0.2, 0) is 14.8 Å². The van der Waals surface area contributed by atoms with Gasteiger partial charge in [0.25, 0.3) is 11.6 Å². The van der Waals surface area contributed by atoms with Crippen molar-refractivity contribution in [3.63, 3.8) is 0 Å². The van der Waals surface area contributed by atoms with Crippen molar-refractivity contribution >= 4 is 21.6 Å². The summed E-state index contributed by atoms with van der Waals surface area (Å²) in [6, 6.07) is 10.6. The minimum absolute atomic E-state index is 0.0673. The molecule has 0 bridgehead atoms. The van der Waals surface area contributed by atoms with E-state index in [4.69, 9.17) is 9.47 Å². The molecule has 0 unspecified atom stereocenters. The molecule has 1 aliphatic heterocycles. The highest BCUT2D eigenvalue weighted by Gasteiger charge is 2.30. The standard InChI is InChI=1S/C27H33N5O7S/c1-17-8-10-19(11-9-17)31-26(18(2)24(29-31)25(33)28-16-21-7-6-14-38-21)39-22-13-12-20(32(34)35)15-23(22)40(36,37)30-27(3,4)5/h8-13,15,21,30H,6-7,14,16H2,1-5H3,(H,28,33)/t21-/m0/s1. The number of hydrogen-bond acceptors (Lipinski definition) is 8. The lowest BCUT2D eigenvalue weighted by Crippen LogP contribution is -2.40. The molecule has 1 atom stereocenters. The topological polar surface area (TPSA) is 155 Å². The van der Waals surface area contributed by atoms with E-state index in [0.717, 1.165) is 30.5 Å². The maximum atomic E-state index is 13.3. The van der Waals surface area contributed by atoms with E-state index < -0.39 is 37.0 Å². The summed E-state index contributed by atoms with van der Waals surface area (Å²) in [6.07, 6.45) is 1.72. The molecule has 1 saturated heterocycles. The van der Waals surface area contributed by atoms with Crippen LogP contribution in [0.5, 0.6) is 11.6 Å². The number of aromatic nitrogens is 2. The van der Waals surface area contributed by atoms with Gasteiger partial charge in [-0.25, -0.2) is 13.1 Å². The number of hydrogen-bond donors (Lipinski definition) is 2. The third-order valence-corrected chi connectivity index (χ3v) is 7.93. The van der Waals surface area contributed by atoms with E-state index in [1.807, 2.05) is 19.1 Å². The average Bonchev–Trinajstić information content (AvgIpc) is 3.50. The SMILES string of the molecule is Cc1ccc(-n2nc(C(=O)NC[C@@H]3CCCO3)c(C)c2Oc2ccc([N+](=O)[O-])cc2S(=O)(=O)NC(C)(C)C)cc1. The lowest BCUT2D eigenvalue weighted by atomic mass is 10.1.